The molecule has 3 atom stereocenters. The van der Waals surface area contributed by atoms with Crippen molar-refractivity contribution in [3.8, 4) is 0 Å². The molecule has 238 valence electrons. The Kier molecular flexibility index (Phi) is 18.0. The van der Waals surface area contributed by atoms with Crippen molar-refractivity contribution in [2.45, 2.75) is 165 Å². The maximum absolute atomic E-state index is 13.7. The van der Waals surface area contributed by atoms with Crippen LogP contribution in [-0.4, -0.2) is 23.1 Å². The average molecular weight is 583 g/mol. The summed E-state index contributed by atoms with van der Waals surface area (Å²) < 4.78 is 0. The van der Waals surface area contributed by atoms with Gasteiger partial charge >= 0.3 is 0 Å². The van der Waals surface area contributed by atoms with Gasteiger partial charge in [0, 0.05) is 30.7 Å². The number of fused-ring (bicyclic) bond motifs is 1. The third-order valence-electron chi connectivity index (χ3n) is 8.83. The fraction of sp³-hybridized carbons (Fsp3) is 0.737. The molecule has 3 unspecified atom stereocenters. The van der Waals surface area contributed by atoms with E-state index in [1.165, 1.54) is 37.3 Å². The Morgan fingerprint density at radius 3 is 2.14 bits per heavy atom. The molecule has 1 aliphatic rings. The van der Waals surface area contributed by atoms with Crippen LogP contribution in [0.4, 0.5) is 0 Å². The zero-order valence-electron chi connectivity index (χ0n) is 28.6. The first kappa shape index (κ1) is 37.9. The monoisotopic (exact) mass is 582 g/mol. The van der Waals surface area contributed by atoms with E-state index in [1.807, 2.05) is 6.92 Å². The number of hydrogen-bond donors (Lipinski definition) is 0. The van der Waals surface area contributed by atoms with Crippen LogP contribution in [0.5, 0.6) is 0 Å². The Balaban J connectivity index is 0.00000281. The molecule has 42 heavy (non-hydrogen) atoms. The van der Waals surface area contributed by atoms with E-state index >= 15 is 0 Å². The number of benzene rings is 1. The summed E-state index contributed by atoms with van der Waals surface area (Å²) in [6.07, 6.45) is 12.6. The molecule has 0 bridgehead atoms. The molecule has 0 amide bonds. The molecule has 0 aromatic heterocycles. The molecule has 0 saturated carbocycles. The Morgan fingerprint density at radius 2 is 1.60 bits per heavy atom. The van der Waals surface area contributed by atoms with Crippen molar-refractivity contribution in [2.75, 3.05) is 0 Å². The normalized spacial score (nSPS) is 16.0. The molecular weight excluding hydrogens is 520 g/mol. The topological polar surface area (TPSA) is 68.3 Å². The lowest BCUT2D eigenvalue weighted by Crippen LogP contribution is -2.30. The Hall–Kier alpha value is -2.10. The largest absolute Gasteiger partial charge is 0.300 e. The second-order valence-electron chi connectivity index (χ2n) is 13.2. The highest BCUT2D eigenvalue weighted by Crippen LogP contribution is 2.40. The van der Waals surface area contributed by atoms with Crippen molar-refractivity contribution < 1.29 is 19.2 Å². The van der Waals surface area contributed by atoms with Crippen LogP contribution in [0.15, 0.2) is 6.07 Å². The second-order valence-corrected chi connectivity index (χ2v) is 13.2. The van der Waals surface area contributed by atoms with Crippen LogP contribution in [-0.2, 0) is 27.2 Å². The summed E-state index contributed by atoms with van der Waals surface area (Å²) in [5.41, 5.74) is 5.54. The molecule has 1 aromatic rings. The standard InChI is InChI=1S/C35H54O4.C3H8/c1-8-11-12-13-15-29(37)17-16-27-22-31(23(4)5)32-20-26(21-34(39)35(32)25(27)7)19-28(14-9-2)30(10-3)33(38)18-24(6)36;1-3-2/h22-23,26,28,30H,8-21H2,1-7H3;3H2,1-2H3. The molecule has 1 aromatic carbocycles. The number of carbonyl (C=O) groups is 4. The number of Topliss-reactive ketones (excluding diaryl/α,β-unsaturated/α-hetero) is 4. The van der Waals surface area contributed by atoms with E-state index in [4.69, 9.17) is 0 Å². The van der Waals surface area contributed by atoms with Crippen LogP contribution in [0, 0.1) is 24.7 Å². The summed E-state index contributed by atoms with van der Waals surface area (Å²) in [7, 11) is 0. The van der Waals surface area contributed by atoms with Crippen molar-refractivity contribution in [2.24, 2.45) is 17.8 Å². The molecule has 0 saturated heterocycles. The summed E-state index contributed by atoms with van der Waals surface area (Å²) in [6.45, 7) is 18.6. The molecule has 0 N–H and O–H groups in total. The SMILES string of the molecule is CCC.CCCCCCC(=O)CCc1cc(C(C)C)c2c(c1C)C(=O)CC(CC(CCC)C(CC)C(=O)CC(C)=O)C2. The minimum Gasteiger partial charge on any atom is -0.300 e. The van der Waals surface area contributed by atoms with E-state index in [1.54, 1.807) is 0 Å². The summed E-state index contributed by atoms with van der Waals surface area (Å²) in [4.78, 5) is 50.8. The minimum atomic E-state index is -0.112. The molecule has 0 spiro atoms. The van der Waals surface area contributed by atoms with Gasteiger partial charge in [0.2, 0.25) is 0 Å². The lowest BCUT2D eigenvalue weighted by Gasteiger charge is -2.33. The van der Waals surface area contributed by atoms with Crippen LogP contribution in [0.3, 0.4) is 0 Å². The maximum atomic E-state index is 13.7. The molecule has 0 radical (unpaired) electrons. The summed E-state index contributed by atoms with van der Waals surface area (Å²) in [5, 5.41) is 0. The first-order valence-electron chi connectivity index (χ1n) is 17.2. The molecule has 2 rings (SSSR count). The van der Waals surface area contributed by atoms with Gasteiger partial charge in [-0.2, -0.15) is 0 Å². The molecule has 0 fully saturated rings. The Morgan fingerprint density at radius 1 is 0.929 bits per heavy atom. The lowest BCUT2D eigenvalue weighted by molar-refractivity contribution is -0.130. The van der Waals surface area contributed by atoms with Gasteiger partial charge in [-0.25, -0.2) is 0 Å². The third-order valence-corrected chi connectivity index (χ3v) is 8.83. The van der Waals surface area contributed by atoms with Crippen molar-refractivity contribution in [3.63, 3.8) is 0 Å². The van der Waals surface area contributed by atoms with Crippen molar-refractivity contribution in [1.82, 2.24) is 0 Å². The average Bonchev–Trinajstić information content (AvgIpc) is 2.91. The smallest absolute Gasteiger partial charge is 0.163 e. The number of ketones is 4. The van der Waals surface area contributed by atoms with Crippen LogP contribution in [0.1, 0.15) is 177 Å². The van der Waals surface area contributed by atoms with Gasteiger partial charge in [-0.1, -0.05) is 93.1 Å². The van der Waals surface area contributed by atoms with E-state index in [9.17, 15) is 19.2 Å². The first-order valence-corrected chi connectivity index (χ1v) is 17.2. The van der Waals surface area contributed by atoms with Gasteiger partial charge in [-0.05, 0) is 86.0 Å². The second kappa shape index (κ2) is 20.0. The summed E-state index contributed by atoms with van der Waals surface area (Å²) >= 11 is 0. The molecule has 4 nitrogen and oxygen atoms in total. The molecular formula is C38H62O4. The zero-order valence-corrected chi connectivity index (χ0v) is 28.6. The lowest BCUT2D eigenvalue weighted by atomic mass is 9.70. The van der Waals surface area contributed by atoms with Crippen LogP contribution < -0.4 is 0 Å². The molecule has 0 heterocycles. The Labute approximate surface area is 258 Å². The van der Waals surface area contributed by atoms with Gasteiger partial charge < -0.3 is 0 Å². The van der Waals surface area contributed by atoms with Crippen LogP contribution >= 0.6 is 0 Å². The van der Waals surface area contributed by atoms with Crippen molar-refractivity contribution in [1.29, 1.82) is 0 Å². The van der Waals surface area contributed by atoms with Gasteiger partial charge in [0.05, 0.1) is 6.42 Å². The number of rotatable bonds is 18. The molecule has 1 aliphatic carbocycles. The van der Waals surface area contributed by atoms with Crippen LogP contribution in [0.25, 0.3) is 0 Å². The predicted octanol–water partition coefficient (Wildman–Crippen LogP) is 10.1. The van der Waals surface area contributed by atoms with E-state index in [2.05, 4.69) is 54.5 Å². The minimum absolute atomic E-state index is 0.0197. The number of unbranched alkanes of at least 4 members (excludes halogenated alkanes) is 3. The fourth-order valence-electron chi connectivity index (χ4n) is 6.81. The highest BCUT2D eigenvalue weighted by molar-refractivity contribution is 6.01. The number of hydrogen-bond acceptors (Lipinski definition) is 4. The first-order chi connectivity index (χ1) is 19.9. The number of carbonyl (C=O) groups excluding carboxylic acids is 4. The molecule has 0 aliphatic heterocycles. The van der Waals surface area contributed by atoms with Gasteiger partial charge in [0.1, 0.15) is 17.3 Å². The van der Waals surface area contributed by atoms with Gasteiger partial charge in [0.25, 0.3) is 0 Å². The summed E-state index contributed by atoms with van der Waals surface area (Å²) in [6, 6.07) is 2.27. The highest BCUT2D eigenvalue weighted by Gasteiger charge is 2.34. The highest BCUT2D eigenvalue weighted by atomic mass is 16.1. The zero-order chi connectivity index (χ0) is 31.8. The van der Waals surface area contributed by atoms with E-state index < -0.39 is 0 Å². The van der Waals surface area contributed by atoms with Crippen molar-refractivity contribution >= 4 is 23.1 Å². The Bertz CT molecular complexity index is 1020. The third kappa shape index (κ3) is 11.9. The van der Waals surface area contributed by atoms with Gasteiger partial charge in [-0.3, -0.25) is 19.2 Å². The van der Waals surface area contributed by atoms with Gasteiger partial charge in [-0.15, -0.1) is 0 Å². The fourth-order valence-corrected chi connectivity index (χ4v) is 6.81. The van der Waals surface area contributed by atoms with Gasteiger partial charge in [0.15, 0.2) is 5.78 Å². The van der Waals surface area contributed by atoms with E-state index in [-0.39, 0.29) is 41.5 Å². The molecule has 4 heteroatoms. The maximum Gasteiger partial charge on any atom is 0.163 e. The number of aryl methyl sites for hydroxylation is 1. The van der Waals surface area contributed by atoms with Crippen molar-refractivity contribution in [3.05, 3.63) is 33.9 Å². The van der Waals surface area contributed by atoms with Crippen LogP contribution in [0.2, 0.25) is 0 Å². The van der Waals surface area contributed by atoms with E-state index in [0.717, 1.165) is 61.6 Å². The predicted molar refractivity (Wildman–Crippen MR) is 177 cm³/mol. The quantitative estimate of drug-likeness (QED) is 0.128. The van der Waals surface area contributed by atoms with E-state index in [0.29, 0.717) is 37.4 Å². The summed E-state index contributed by atoms with van der Waals surface area (Å²) in [5.74, 6) is 1.14.